The van der Waals surface area contributed by atoms with Crippen molar-refractivity contribution in [2.45, 2.75) is 13.0 Å². The number of hydrogen-bond acceptors (Lipinski definition) is 3. The Morgan fingerprint density at radius 2 is 2.64 bits per heavy atom. The van der Waals surface area contributed by atoms with Crippen molar-refractivity contribution < 1.29 is 4.74 Å². The predicted octanol–water partition coefficient (Wildman–Crippen LogP) is 2.20. The molecule has 0 bridgehead atoms. The lowest BCUT2D eigenvalue weighted by molar-refractivity contribution is 0.277. The van der Waals surface area contributed by atoms with Crippen LogP contribution in [0, 0.1) is 12.3 Å². The summed E-state index contributed by atoms with van der Waals surface area (Å²) in [6.45, 7) is 1.77. The van der Waals surface area contributed by atoms with Gasteiger partial charge >= 0.3 is 0 Å². The molecule has 0 amide bonds. The average Bonchev–Trinajstić information content (AvgIpc) is 2.35. The molecule has 0 aliphatic rings. The molecule has 1 aromatic rings. The maximum Gasteiger partial charge on any atom is 0.275 e. The van der Waals surface area contributed by atoms with Crippen LogP contribution in [0.4, 0.5) is 0 Å². The van der Waals surface area contributed by atoms with Crippen molar-refractivity contribution in [3.8, 4) is 17.5 Å². The molecule has 1 rings (SSSR count). The molecule has 0 radical (unpaired) electrons. The summed E-state index contributed by atoms with van der Waals surface area (Å²) in [6.07, 6.45) is 4.84. The maximum absolute atomic E-state index is 5.55. The van der Waals surface area contributed by atoms with Crippen molar-refractivity contribution in [1.82, 2.24) is 4.98 Å². The molecule has 1 atom stereocenters. The molecule has 1 unspecified atom stereocenters. The Labute approximate surface area is 74.2 Å². The number of thiazole rings is 1. The summed E-state index contributed by atoms with van der Waals surface area (Å²) in [5.74, 6) is 2.42. The van der Waals surface area contributed by atoms with Crippen LogP contribution in [0.25, 0.3) is 0 Å². The summed E-state index contributed by atoms with van der Waals surface area (Å²) < 4.78 is 5.17. The Balaban J connectivity index is 2.59. The Kier molecular flexibility index (Phi) is 2.75. The van der Waals surface area contributed by atoms with E-state index in [9.17, 15) is 0 Å². The number of aromatic nitrogens is 1. The standard InChI is InChI=1S/C7H6ClNOS/c1-3-5(2)10-7-9-6(8)4-11-7/h1,4-5H,2H3. The van der Waals surface area contributed by atoms with Crippen LogP contribution in [-0.2, 0) is 0 Å². The van der Waals surface area contributed by atoms with Gasteiger partial charge in [-0.2, -0.15) is 4.98 Å². The summed E-state index contributed by atoms with van der Waals surface area (Å²) >= 11 is 6.89. The summed E-state index contributed by atoms with van der Waals surface area (Å²) in [5.41, 5.74) is 0. The van der Waals surface area contributed by atoms with Crippen LogP contribution < -0.4 is 4.74 Å². The lowest BCUT2D eigenvalue weighted by Gasteiger charge is -2.02. The van der Waals surface area contributed by atoms with E-state index in [-0.39, 0.29) is 6.10 Å². The largest absolute Gasteiger partial charge is 0.454 e. The van der Waals surface area contributed by atoms with Gasteiger partial charge in [0.1, 0.15) is 5.15 Å². The van der Waals surface area contributed by atoms with Crippen molar-refractivity contribution in [2.75, 3.05) is 0 Å². The van der Waals surface area contributed by atoms with Gasteiger partial charge in [0, 0.05) is 5.38 Å². The number of rotatable bonds is 2. The molecule has 2 nitrogen and oxygen atoms in total. The first-order valence-electron chi connectivity index (χ1n) is 2.96. The Morgan fingerprint density at radius 1 is 1.91 bits per heavy atom. The van der Waals surface area contributed by atoms with Gasteiger partial charge < -0.3 is 4.74 Å². The first-order chi connectivity index (χ1) is 5.22. The van der Waals surface area contributed by atoms with E-state index in [0.29, 0.717) is 10.3 Å². The highest BCUT2D eigenvalue weighted by molar-refractivity contribution is 7.11. The third kappa shape index (κ3) is 2.41. The SMILES string of the molecule is C#CC(C)Oc1nc(Cl)cs1. The molecule has 1 aromatic heterocycles. The Hall–Kier alpha value is -0.720. The van der Waals surface area contributed by atoms with E-state index >= 15 is 0 Å². The predicted molar refractivity (Wildman–Crippen MR) is 46.0 cm³/mol. The molecule has 1 heterocycles. The third-order valence-corrected chi connectivity index (χ3v) is 2.02. The molecular formula is C7H6ClNOS. The van der Waals surface area contributed by atoms with E-state index in [1.807, 2.05) is 0 Å². The lowest BCUT2D eigenvalue weighted by Crippen LogP contribution is -2.07. The molecule has 58 valence electrons. The first kappa shape index (κ1) is 8.38. The maximum atomic E-state index is 5.55. The van der Waals surface area contributed by atoms with Gasteiger partial charge in [-0.1, -0.05) is 28.9 Å². The second-order valence-electron chi connectivity index (χ2n) is 1.86. The van der Waals surface area contributed by atoms with Crippen molar-refractivity contribution in [3.63, 3.8) is 0 Å². The zero-order chi connectivity index (χ0) is 8.27. The Bertz CT molecular complexity index is 278. The molecule has 0 saturated carbocycles. The van der Waals surface area contributed by atoms with Crippen molar-refractivity contribution in [1.29, 1.82) is 0 Å². The third-order valence-electron chi connectivity index (χ3n) is 0.967. The van der Waals surface area contributed by atoms with Crippen LogP contribution in [0.15, 0.2) is 5.38 Å². The van der Waals surface area contributed by atoms with Crippen LogP contribution in [-0.4, -0.2) is 11.1 Å². The number of nitrogens with zero attached hydrogens (tertiary/aromatic N) is 1. The fourth-order valence-electron chi connectivity index (χ4n) is 0.478. The monoisotopic (exact) mass is 187 g/mol. The van der Waals surface area contributed by atoms with Gasteiger partial charge in [-0.25, -0.2) is 0 Å². The van der Waals surface area contributed by atoms with Crippen molar-refractivity contribution >= 4 is 22.9 Å². The molecular weight excluding hydrogens is 182 g/mol. The fraction of sp³-hybridized carbons (Fsp3) is 0.286. The van der Waals surface area contributed by atoms with E-state index < -0.39 is 0 Å². The van der Waals surface area contributed by atoms with Crippen LogP contribution in [0.5, 0.6) is 5.19 Å². The van der Waals surface area contributed by atoms with E-state index in [1.165, 1.54) is 11.3 Å². The van der Waals surface area contributed by atoms with Gasteiger partial charge in [-0.05, 0) is 6.92 Å². The van der Waals surface area contributed by atoms with Gasteiger partial charge in [0.25, 0.3) is 5.19 Å². The van der Waals surface area contributed by atoms with E-state index in [4.69, 9.17) is 22.8 Å². The highest BCUT2D eigenvalue weighted by Gasteiger charge is 2.03. The van der Waals surface area contributed by atoms with Crippen LogP contribution in [0.3, 0.4) is 0 Å². The molecule has 0 spiro atoms. The highest BCUT2D eigenvalue weighted by atomic mass is 35.5. The van der Waals surface area contributed by atoms with Gasteiger partial charge in [0.15, 0.2) is 6.10 Å². The summed E-state index contributed by atoms with van der Waals surface area (Å²) in [5, 5.41) is 2.65. The van der Waals surface area contributed by atoms with Gasteiger partial charge in [0.05, 0.1) is 0 Å². The van der Waals surface area contributed by atoms with Crippen LogP contribution in [0.2, 0.25) is 5.15 Å². The summed E-state index contributed by atoms with van der Waals surface area (Å²) in [4.78, 5) is 3.86. The van der Waals surface area contributed by atoms with Crippen LogP contribution in [0.1, 0.15) is 6.92 Å². The van der Waals surface area contributed by atoms with E-state index in [1.54, 1.807) is 12.3 Å². The van der Waals surface area contributed by atoms with E-state index in [2.05, 4.69) is 10.9 Å². The molecule has 0 aliphatic carbocycles. The highest BCUT2D eigenvalue weighted by Crippen LogP contribution is 2.21. The number of halogens is 1. The quantitative estimate of drug-likeness (QED) is 0.663. The molecule has 11 heavy (non-hydrogen) atoms. The normalized spacial score (nSPS) is 12.1. The number of ether oxygens (including phenoxy) is 1. The Morgan fingerprint density at radius 3 is 3.09 bits per heavy atom. The number of hydrogen-bond donors (Lipinski definition) is 0. The van der Waals surface area contributed by atoms with Crippen LogP contribution >= 0.6 is 22.9 Å². The molecule has 0 aliphatic heterocycles. The second-order valence-corrected chi connectivity index (χ2v) is 3.07. The minimum Gasteiger partial charge on any atom is -0.454 e. The zero-order valence-corrected chi connectivity index (χ0v) is 7.45. The summed E-state index contributed by atoms with van der Waals surface area (Å²) in [6, 6.07) is 0. The molecule has 0 aromatic carbocycles. The smallest absolute Gasteiger partial charge is 0.275 e. The minimum absolute atomic E-state index is 0.253. The van der Waals surface area contributed by atoms with E-state index in [0.717, 1.165) is 0 Å². The van der Waals surface area contributed by atoms with Gasteiger partial charge in [0.2, 0.25) is 0 Å². The number of terminal acetylenes is 1. The lowest BCUT2D eigenvalue weighted by atomic mass is 10.4. The van der Waals surface area contributed by atoms with Gasteiger partial charge in [-0.3, -0.25) is 0 Å². The van der Waals surface area contributed by atoms with Crippen molar-refractivity contribution in [2.24, 2.45) is 0 Å². The molecule has 0 N–H and O–H groups in total. The van der Waals surface area contributed by atoms with Gasteiger partial charge in [-0.15, -0.1) is 6.42 Å². The molecule has 4 heteroatoms. The average molecular weight is 188 g/mol. The zero-order valence-electron chi connectivity index (χ0n) is 5.87. The summed E-state index contributed by atoms with van der Waals surface area (Å²) in [7, 11) is 0. The van der Waals surface area contributed by atoms with Crippen molar-refractivity contribution in [3.05, 3.63) is 10.5 Å². The topological polar surface area (TPSA) is 22.1 Å². The first-order valence-corrected chi connectivity index (χ1v) is 4.22. The molecule has 0 fully saturated rings. The molecule has 0 saturated heterocycles. The second kappa shape index (κ2) is 3.61. The fourth-order valence-corrected chi connectivity index (χ4v) is 1.34. The minimum atomic E-state index is -0.253.